The van der Waals surface area contributed by atoms with Gasteiger partial charge in [0.1, 0.15) is 0 Å². The predicted octanol–water partition coefficient (Wildman–Crippen LogP) is 14.1. The lowest BCUT2D eigenvalue weighted by molar-refractivity contribution is 0.261. The zero-order chi connectivity index (χ0) is 43.7. The van der Waals surface area contributed by atoms with Crippen molar-refractivity contribution < 1.29 is 0 Å². The Labute approximate surface area is 373 Å². The van der Waals surface area contributed by atoms with Gasteiger partial charge < -0.3 is 14.7 Å². The van der Waals surface area contributed by atoms with Gasteiger partial charge in [0, 0.05) is 50.9 Å². The number of rotatable bonds is 3. The molecule has 4 aliphatic rings. The molecule has 6 aromatic carbocycles. The van der Waals surface area contributed by atoms with E-state index in [0.717, 1.165) is 0 Å². The predicted molar refractivity (Wildman–Crippen MR) is 269 cm³/mol. The Balaban J connectivity index is 1.25. The first-order valence-corrected chi connectivity index (χ1v) is 23.4. The number of hydrogen-bond acceptors (Lipinski definition) is 3. The third-order valence-electron chi connectivity index (χ3n) is 15.6. The molecule has 0 spiro atoms. The zero-order valence-electron chi connectivity index (χ0n) is 39.5. The van der Waals surface area contributed by atoms with Crippen molar-refractivity contribution in [1.29, 1.82) is 0 Å². The fourth-order valence-corrected chi connectivity index (χ4v) is 11.8. The summed E-state index contributed by atoms with van der Waals surface area (Å²) in [7, 11) is 0. The van der Waals surface area contributed by atoms with Crippen molar-refractivity contribution >= 4 is 68.6 Å². The van der Waals surface area contributed by atoms with Crippen LogP contribution in [0.5, 0.6) is 0 Å². The molecule has 4 heteroatoms. The van der Waals surface area contributed by atoms with Crippen LogP contribution in [-0.4, -0.2) is 12.3 Å². The average molecular weight is 816 g/mol. The molecule has 1 saturated carbocycles. The van der Waals surface area contributed by atoms with Crippen LogP contribution in [0.15, 0.2) is 121 Å². The van der Waals surface area contributed by atoms with Crippen LogP contribution in [0.3, 0.4) is 0 Å². The molecule has 2 unspecified atom stereocenters. The normalized spacial score (nSPS) is 20.6. The SMILES string of the molecule is Cc1cc2c3c(c1)N(c1ccc(C(C)(C)C)cc1)c1cc(N4c5ccccc5C5(C)CCCCCC45C)ccc1B3c1cc(C(C)(C)C)ccc1N2c1ccc(C(C)(C)C)cc1. The van der Waals surface area contributed by atoms with Gasteiger partial charge in [-0.2, -0.15) is 0 Å². The zero-order valence-corrected chi connectivity index (χ0v) is 39.5. The van der Waals surface area contributed by atoms with Crippen molar-refractivity contribution in [2.45, 2.75) is 142 Å². The van der Waals surface area contributed by atoms with Crippen LogP contribution < -0.4 is 31.1 Å². The van der Waals surface area contributed by atoms with E-state index in [-0.39, 0.29) is 33.9 Å². The highest BCUT2D eigenvalue weighted by Gasteiger charge is 2.57. The molecule has 62 heavy (non-hydrogen) atoms. The molecule has 0 bridgehead atoms. The van der Waals surface area contributed by atoms with E-state index < -0.39 is 0 Å². The van der Waals surface area contributed by atoms with Crippen LogP contribution in [0.25, 0.3) is 0 Å². The summed E-state index contributed by atoms with van der Waals surface area (Å²) in [5.41, 5.74) is 21.2. The Morgan fingerprint density at radius 2 is 1.00 bits per heavy atom. The summed E-state index contributed by atoms with van der Waals surface area (Å²) < 4.78 is 0. The van der Waals surface area contributed by atoms with E-state index in [1.807, 2.05) is 0 Å². The van der Waals surface area contributed by atoms with E-state index in [4.69, 9.17) is 0 Å². The van der Waals surface area contributed by atoms with Gasteiger partial charge in [-0.15, -0.1) is 0 Å². The fraction of sp³-hybridized carbons (Fsp3) is 0.379. The molecular weight excluding hydrogens is 749 g/mol. The standard InChI is InChI=1S/C58H66BN3/c1-38-34-51-53-52(35-38)61(43-27-22-40(23-28-43)55(5,6)7)50-37-44(62-48-19-15-14-18-45(48)57(11)32-16-13-17-33-58(57,62)12)29-30-46(50)59(53)47-36-41(56(8,9)10)24-31-49(47)60(51)42-25-20-39(21-26-42)54(2,3)4/h14-15,18-31,34-37H,13,16-17,32-33H2,1-12H3. The van der Waals surface area contributed by atoms with Gasteiger partial charge in [-0.05, 0) is 148 Å². The Kier molecular flexibility index (Phi) is 9.15. The van der Waals surface area contributed by atoms with E-state index >= 15 is 0 Å². The van der Waals surface area contributed by atoms with Crippen LogP contribution in [-0.2, 0) is 21.7 Å². The lowest BCUT2D eigenvalue weighted by atomic mass is 9.33. The van der Waals surface area contributed by atoms with Crippen LogP contribution in [0.1, 0.15) is 136 Å². The smallest absolute Gasteiger partial charge is 0.252 e. The lowest BCUT2D eigenvalue weighted by Crippen LogP contribution is -2.61. The first-order chi connectivity index (χ1) is 29.3. The Morgan fingerprint density at radius 1 is 0.468 bits per heavy atom. The van der Waals surface area contributed by atoms with Crippen molar-refractivity contribution in [3.05, 3.63) is 149 Å². The molecule has 316 valence electrons. The highest BCUT2D eigenvalue weighted by atomic mass is 15.3. The molecular formula is C58H66BN3. The van der Waals surface area contributed by atoms with Gasteiger partial charge in [0.2, 0.25) is 0 Å². The number of anilines is 8. The monoisotopic (exact) mass is 816 g/mol. The second-order valence-corrected chi connectivity index (χ2v) is 22.7. The van der Waals surface area contributed by atoms with Gasteiger partial charge in [-0.3, -0.25) is 0 Å². The lowest BCUT2D eigenvalue weighted by Gasteiger charge is -2.47. The van der Waals surface area contributed by atoms with Gasteiger partial charge in [-0.1, -0.05) is 149 Å². The average Bonchev–Trinajstić information content (AvgIpc) is 3.29. The highest BCUT2D eigenvalue weighted by molar-refractivity contribution is 7.00. The van der Waals surface area contributed by atoms with E-state index in [1.165, 1.54) is 122 Å². The summed E-state index contributed by atoms with van der Waals surface area (Å²) in [5, 5.41) is 0. The number of para-hydroxylation sites is 1. The van der Waals surface area contributed by atoms with Gasteiger partial charge in [0.15, 0.2) is 0 Å². The van der Waals surface area contributed by atoms with Crippen LogP contribution in [0.4, 0.5) is 45.5 Å². The molecule has 3 nitrogen and oxygen atoms in total. The topological polar surface area (TPSA) is 9.72 Å². The second-order valence-electron chi connectivity index (χ2n) is 22.7. The maximum Gasteiger partial charge on any atom is 0.252 e. The number of fused-ring (bicyclic) bond motifs is 7. The number of nitrogens with zero attached hydrogens (tertiary/aromatic N) is 3. The summed E-state index contributed by atoms with van der Waals surface area (Å²) in [6, 6.07) is 48.0. The molecule has 6 aromatic rings. The van der Waals surface area contributed by atoms with Crippen LogP contribution >= 0.6 is 0 Å². The summed E-state index contributed by atoms with van der Waals surface area (Å²) >= 11 is 0. The van der Waals surface area contributed by atoms with Crippen LogP contribution in [0.2, 0.25) is 0 Å². The molecule has 0 amide bonds. The van der Waals surface area contributed by atoms with Crippen LogP contribution in [0, 0.1) is 6.92 Å². The quantitative estimate of drug-likeness (QED) is 0.165. The number of hydrogen-bond donors (Lipinski definition) is 0. The Hall–Kier alpha value is -5.22. The van der Waals surface area contributed by atoms with Crippen molar-refractivity contribution in [2.24, 2.45) is 0 Å². The molecule has 3 aliphatic heterocycles. The molecule has 3 heterocycles. The van der Waals surface area contributed by atoms with E-state index in [2.05, 4.69) is 219 Å². The first-order valence-electron chi connectivity index (χ1n) is 23.4. The van der Waals surface area contributed by atoms with E-state index in [1.54, 1.807) is 0 Å². The molecule has 2 atom stereocenters. The highest BCUT2D eigenvalue weighted by Crippen LogP contribution is 2.60. The van der Waals surface area contributed by atoms with E-state index in [9.17, 15) is 0 Å². The van der Waals surface area contributed by atoms with Crippen molar-refractivity contribution in [2.75, 3.05) is 14.7 Å². The van der Waals surface area contributed by atoms with E-state index in [0.29, 0.717) is 0 Å². The van der Waals surface area contributed by atoms with Gasteiger partial charge in [0.25, 0.3) is 6.71 Å². The third kappa shape index (κ3) is 6.13. The summed E-state index contributed by atoms with van der Waals surface area (Å²) in [6.45, 7) is 28.4. The number of benzene rings is 6. The summed E-state index contributed by atoms with van der Waals surface area (Å²) in [4.78, 5) is 7.94. The third-order valence-corrected chi connectivity index (χ3v) is 15.6. The minimum absolute atomic E-state index is 0.00323. The Morgan fingerprint density at radius 3 is 1.60 bits per heavy atom. The van der Waals surface area contributed by atoms with Crippen molar-refractivity contribution in [3.63, 3.8) is 0 Å². The minimum Gasteiger partial charge on any atom is -0.334 e. The maximum absolute atomic E-state index is 2.77. The number of aryl methyl sites for hydroxylation is 1. The van der Waals surface area contributed by atoms with Gasteiger partial charge in [-0.25, -0.2) is 0 Å². The fourth-order valence-electron chi connectivity index (χ4n) is 11.8. The molecule has 0 saturated heterocycles. The van der Waals surface area contributed by atoms with Crippen molar-refractivity contribution in [3.8, 4) is 0 Å². The second kappa shape index (κ2) is 13.9. The van der Waals surface area contributed by atoms with Gasteiger partial charge in [0.05, 0.1) is 5.54 Å². The van der Waals surface area contributed by atoms with Crippen molar-refractivity contribution in [1.82, 2.24) is 0 Å². The summed E-state index contributed by atoms with van der Waals surface area (Å²) in [5.74, 6) is 0. The minimum atomic E-state index is -0.0426. The maximum atomic E-state index is 2.77. The molecule has 0 radical (unpaired) electrons. The summed E-state index contributed by atoms with van der Waals surface area (Å²) in [6.07, 6.45) is 6.24. The Bertz CT molecular complexity index is 2730. The molecule has 0 aromatic heterocycles. The largest absolute Gasteiger partial charge is 0.334 e. The molecule has 1 fully saturated rings. The molecule has 1 aliphatic carbocycles. The first kappa shape index (κ1) is 40.8. The molecule has 0 N–H and O–H groups in total. The molecule has 10 rings (SSSR count). The van der Waals surface area contributed by atoms with Gasteiger partial charge >= 0.3 is 0 Å².